The number of hydrogen-bond donors (Lipinski definition) is 1. The van der Waals surface area contributed by atoms with Crippen LogP contribution in [-0.2, 0) is 11.3 Å². The Kier molecular flexibility index (Phi) is 9.24. The molecule has 1 N–H and O–H groups in total. The minimum Gasteiger partial charge on any atom is -0.484 e. The molecule has 1 aliphatic rings. The van der Waals surface area contributed by atoms with E-state index in [4.69, 9.17) is 4.74 Å². The van der Waals surface area contributed by atoms with Gasteiger partial charge in [0.1, 0.15) is 5.75 Å². The molecule has 1 unspecified atom stereocenters. The first-order chi connectivity index (χ1) is 12.2. The molecule has 27 heavy (non-hydrogen) atoms. The van der Waals surface area contributed by atoms with E-state index < -0.39 is 12.8 Å². The number of rotatable bonds is 6. The van der Waals surface area contributed by atoms with Crippen molar-refractivity contribution in [2.24, 2.45) is 0 Å². The average Bonchev–Trinajstić information content (AvgIpc) is 2.53. The van der Waals surface area contributed by atoms with Crippen molar-refractivity contribution in [2.45, 2.75) is 39.0 Å². The van der Waals surface area contributed by atoms with Crippen LogP contribution in [0.25, 0.3) is 0 Å². The number of thioether (sulfide) groups is 1. The number of amides is 1. The van der Waals surface area contributed by atoms with Crippen molar-refractivity contribution in [1.82, 2.24) is 10.2 Å². The van der Waals surface area contributed by atoms with Gasteiger partial charge in [0.05, 0.1) is 0 Å². The quantitative estimate of drug-likeness (QED) is 0.752. The number of halogens is 4. The number of benzene rings is 1. The van der Waals surface area contributed by atoms with Gasteiger partial charge in [0.2, 0.25) is 5.91 Å². The third-order valence-corrected chi connectivity index (χ3v) is 5.30. The summed E-state index contributed by atoms with van der Waals surface area (Å²) in [4.78, 5) is 14.1. The summed E-state index contributed by atoms with van der Waals surface area (Å²) in [7, 11) is 1.75. The lowest BCUT2D eigenvalue weighted by Gasteiger charge is -2.25. The molecule has 4 nitrogen and oxygen atoms in total. The van der Waals surface area contributed by atoms with Crippen LogP contribution < -0.4 is 10.1 Å². The number of hydrogen-bond acceptors (Lipinski definition) is 4. The van der Waals surface area contributed by atoms with E-state index in [0.29, 0.717) is 24.1 Å². The second-order valence-corrected chi connectivity index (χ2v) is 7.79. The molecule has 0 radical (unpaired) electrons. The van der Waals surface area contributed by atoms with Crippen molar-refractivity contribution in [2.75, 3.05) is 31.7 Å². The minimum atomic E-state index is -4.37. The van der Waals surface area contributed by atoms with Crippen molar-refractivity contribution in [3.05, 3.63) is 28.8 Å². The largest absolute Gasteiger partial charge is 0.484 e. The highest BCUT2D eigenvalue weighted by molar-refractivity contribution is 7.99. The van der Waals surface area contributed by atoms with Gasteiger partial charge in [-0.05, 0) is 30.5 Å². The van der Waals surface area contributed by atoms with Gasteiger partial charge < -0.3 is 15.0 Å². The monoisotopic (exact) mass is 426 g/mol. The fourth-order valence-electron chi connectivity index (χ4n) is 2.99. The van der Waals surface area contributed by atoms with Gasteiger partial charge in [-0.15, -0.1) is 12.4 Å². The first kappa shape index (κ1) is 23.9. The van der Waals surface area contributed by atoms with Gasteiger partial charge in [0.15, 0.2) is 6.61 Å². The molecule has 1 aliphatic heterocycles. The van der Waals surface area contributed by atoms with Crippen molar-refractivity contribution in [1.29, 1.82) is 0 Å². The number of aryl methyl sites for hydroxylation is 2. The molecule has 0 saturated carbocycles. The normalized spacial score (nSPS) is 17.2. The number of carbonyl (C=O) groups is 1. The molecule has 1 aromatic rings. The molecule has 154 valence electrons. The molecule has 1 aromatic carbocycles. The Labute approximate surface area is 168 Å². The van der Waals surface area contributed by atoms with Crippen molar-refractivity contribution in [3.63, 3.8) is 0 Å². The number of alkyl halides is 3. The first-order valence-corrected chi connectivity index (χ1v) is 9.66. The highest BCUT2D eigenvalue weighted by atomic mass is 35.5. The summed E-state index contributed by atoms with van der Waals surface area (Å²) in [5, 5.41) is 3.34. The fraction of sp³-hybridized carbons (Fsp3) is 0.611. The zero-order valence-corrected chi connectivity index (χ0v) is 17.3. The van der Waals surface area contributed by atoms with Gasteiger partial charge in [-0.25, -0.2) is 0 Å². The van der Waals surface area contributed by atoms with E-state index in [1.807, 2.05) is 11.8 Å². The zero-order valence-electron chi connectivity index (χ0n) is 15.7. The van der Waals surface area contributed by atoms with Crippen molar-refractivity contribution < 1.29 is 22.7 Å². The SMILES string of the molecule is Cc1cc(CN(C)C(=O)CC2CSCCN2)cc(C)c1OCC(F)(F)F.Cl. The highest BCUT2D eigenvalue weighted by Crippen LogP contribution is 2.27. The summed E-state index contributed by atoms with van der Waals surface area (Å²) in [6.07, 6.45) is -3.91. The van der Waals surface area contributed by atoms with E-state index in [1.54, 1.807) is 37.9 Å². The van der Waals surface area contributed by atoms with Gasteiger partial charge in [-0.1, -0.05) is 12.1 Å². The van der Waals surface area contributed by atoms with Crippen LogP contribution in [0.3, 0.4) is 0 Å². The Morgan fingerprint density at radius 1 is 1.33 bits per heavy atom. The predicted octanol–water partition coefficient (Wildman–Crippen LogP) is 3.72. The molecule has 0 aromatic heterocycles. The van der Waals surface area contributed by atoms with Gasteiger partial charge >= 0.3 is 6.18 Å². The maximum atomic E-state index is 12.4. The predicted molar refractivity (Wildman–Crippen MR) is 105 cm³/mol. The second kappa shape index (κ2) is 10.4. The smallest absolute Gasteiger partial charge is 0.422 e. The minimum absolute atomic E-state index is 0. The lowest BCUT2D eigenvalue weighted by Crippen LogP contribution is -2.41. The van der Waals surface area contributed by atoms with Crippen LogP contribution in [0.5, 0.6) is 5.75 Å². The van der Waals surface area contributed by atoms with Crippen molar-refractivity contribution >= 4 is 30.1 Å². The third-order valence-electron chi connectivity index (χ3n) is 4.17. The lowest BCUT2D eigenvalue weighted by molar-refractivity contribution is -0.153. The molecule has 0 aliphatic carbocycles. The fourth-order valence-corrected chi connectivity index (χ4v) is 3.94. The Morgan fingerprint density at radius 3 is 2.48 bits per heavy atom. The standard InChI is InChI=1S/C18H25F3N2O2S.ClH/c1-12-6-14(7-13(2)17(12)25-11-18(19,20)21)9-23(3)16(24)8-15-10-26-5-4-22-15;/h6-7,15,22H,4-5,8-11H2,1-3H3;1H. The van der Waals surface area contributed by atoms with Gasteiger partial charge in [-0.3, -0.25) is 4.79 Å². The molecule has 1 heterocycles. The van der Waals surface area contributed by atoms with Crippen molar-refractivity contribution in [3.8, 4) is 5.75 Å². The molecule has 1 saturated heterocycles. The van der Waals surface area contributed by atoms with Crippen LogP contribution in [0.15, 0.2) is 12.1 Å². The molecular formula is C18H26ClF3N2O2S. The molecule has 0 bridgehead atoms. The Morgan fingerprint density at radius 2 is 1.96 bits per heavy atom. The molecular weight excluding hydrogens is 401 g/mol. The lowest BCUT2D eigenvalue weighted by atomic mass is 10.0. The summed E-state index contributed by atoms with van der Waals surface area (Å²) in [5.41, 5.74) is 2.15. The van der Waals surface area contributed by atoms with E-state index in [2.05, 4.69) is 5.32 Å². The number of carbonyl (C=O) groups excluding carboxylic acids is 1. The maximum absolute atomic E-state index is 12.4. The summed E-state index contributed by atoms with van der Waals surface area (Å²) in [6, 6.07) is 3.75. The summed E-state index contributed by atoms with van der Waals surface area (Å²) in [6.45, 7) is 3.46. The van der Waals surface area contributed by atoms with E-state index in [9.17, 15) is 18.0 Å². The Hall–Kier alpha value is -1.12. The molecule has 0 spiro atoms. The van der Waals surface area contributed by atoms with Crippen LogP contribution in [-0.4, -0.2) is 54.7 Å². The van der Waals surface area contributed by atoms with Crippen LogP contribution >= 0.6 is 24.2 Å². The molecule has 1 fully saturated rings. The van der Waals surface area contributed by atoms with Crippen LogP contribution in [0.1, 0.15) is 23.1 Å². The number of ether oxygens (including phenoxy) is 1. The zero-order chi connectivity index (χ0) is 19.3. The first-order valence-electron chi connectivity index (χ1n) is 8.50. The average molecular weight is 427 g/mol. The Balaban J connectivity index is 0.00000364. The third kappa shape index (κ3) is 7.79. The van der Waals surface area contributed by atoms with Gasteiger partial charge in [-0.2, -0.15) is 24.9 Å². The number of nitrogens with one attached hydrogen (secondary N) is 1. The Bertz CT molecular complexity index is 615. The summed E-state index contributed by atoms with van der Waals surface area (Å²) < 4.78 is 42.0. The van der Waals surface area contributed by atoms with Gasteiger partial charge in [0, 0.05) is 44.1 Å². The summed E-state index contributed by atoms with van der Waals surface area (Å²) in [5.74, 6) is 2.31. The van der Waals surface area contributed by atoms with Crippen LogP contribution in [0, 0.1) is 13.8 Å². The summed E-state index contributed by atoms with van der Waals surface area (Å²) >= 11 is 1.85. The van der Waals surface area contributed by atoms with Crippen LogP contribution in [0.2, 0.25) is 0 Å². The topological polar surface area (TPSA) is 41.6 Å². The van der Waals surface area contributed by atoms with E-state index in [1.165, 1.54) is 0 Å². The maximum Gasteiger partial charge on any atom is 0.422 e. The van der Waals surface area contributed by atoms with E-state index in [-0.39, 0.29) is 30.1 Å². The van der Waals surface area contributed by atoms with E-state index >= 15 is 0 Å². The molecule has 1 atom stereocenters. The molecule has 9 heteroatoms. The molecule has 2 rings (SSSR count). The van der Waals surface area contributed by atoms with Crippen LogP contribution in [0.4, 0.5) is 13.2 Å². The van der Waals surface area contributed by atoms with E-state index in [0.717, 1.165) is 23.6 Å². The highest BCUT2D eigenvalue weighted by Gasteiger charge is 2.29. The molecule has 1 amide bonds. The second-order valence-electron chi connectivity index (χ2n) is 6.64. The van der Waals surface area contributed by atoms with Gasteiger partial charge in [0.25, 0.3) is 0 Å². The number of nitrogens with zero attached hydrogens (tertiary/aromatic N) is 1.